The molecule has 0 saturated carbocycles. The number of thioether (sulfide) groups is 1. The fourth-order valence-electron chi connectivity index (χ4n) is 3.37. The predicted octanol–water partition coefficient (Wildman–Crippen LogP) is 4.84. The standard InChI is InChI=1S/C19H23NS/c1-4-20-19(15-10-13(2)9-14(3)11-15)17-12-21-18-8-6-5-7-16(17)18/h5-11,17,19-20H,4,12H2,1-3H3. The van der Waals surface area contributed by atoms with Gasteiger partial charge in [-0.3, -0.25) is 0 Å². The normalized spacial score (nSPS) is 18.5. The minimum Gasteiger partial charge on any atom is -0.310 e. The van der Waals surface area contributed by atoms with Gasteiger partial charge in [0.25, 0.3) is 0 Å². The van der Waals surface area contributed by atoms with Crippen LogP contribution in [-0.4, -0.2) is 12.3 Å². The van der Waals surface area contributed by atoms with Gasteiger partial charge in [-0.1, -0.05) is 54.4 Å². The first kappa shape index (κ1) is 14.7. The Labute approximate surface area is 132 Å². The number of aryl methyl sites for hydroxylation is 2. The van der Waals surface area contributed by atoms with Crippen LogP contribution in [0.4, 0.5) is 0 Å². The average Bonchev–Trinajstić information content (AvgIpc) is 2.87. The van der Waals surface area contributed by atoms with Gasteiger partial charge in [0.2, 0.25) is 0 Å². The Balaban J connectivity index is 1.99. The molecule has 2 heteroatoms. The van der Waals surface area contributed by atoms with E-state index in [4.69, 9.17) is 0 Å². The van der Waals surface area contributed by atoms with Crippen molar-refractivity contribution in [3.05, 3.63) is 64.7 Å². The molecule has 0 radical (unpaired) electrons. The summed E-state index contributed by atoms with van der Waals surface area (Å²) in [6.45, 7) is 7.58. The summed E-state index contributed by atoms with van der Waals surface area (Å²) >= 11 is 1.99. The van der Waals surface area contributed by atoms with Crippen LogP contribution in [0.5, 0.6) is 0 Å². The van der Waals surface area contributed by atoms with E-state index < -0.39 is 0 Å². The Bertz CT molecular complexity index is 615. The lowest BCUT2D eigenvalue weighted by Gasteiger charge is -2.26. The zero-order valence-electron chi connectivity index (χ0n) is 13.0. The molecule has 0 bridgehead atoms. The van der Waals surface area contributed by atoms with Crippen molar-refractivity contribution in [2.75, 3.05) is 12.3 Å². The fourth-order valence-corrected chi connectivity index (χ4v) is 4.66. The van der Waals surface area contributed by atoms with E-state index in [0.29, 0.717) is 12.0 Å². The van der Waals surface area contributed by atoms with Crippen LogP contribution in [0.25, 0.3) is 0 Å². The molecule has 0 saturated heterocycles. The summed E-state index contributed by atoms with van der Waals surface area (Å²) < 4.78 is 0. The van der Waals surface area contributed by atoms with Crippen molar-refractivity contribution in [1.29, 1.82) is 0 Å². The summed E-state index contributed by atoms with van der Waals surface area (Å²) in [7, 11) is 0. The first-order chi connectivity index (χ1) is 10.2. The highest BCUT2D eigenvalue weighted by molar-refractivity contribution is 7.99. The van der Waals surface area contributed by atoms with Gasteiger partial charge < -0.3 is 5.32 Å². The molecule has 2 atom stereocenters. The first-order valence-electron chi connectivity index (χ1n) is 7.72. The molecule has 3 rings (SSSR count). The molecule has 21 heavy (non-hydrogen) atoms. The van der Waals surface area contributed by atoms with Gasteiger partial charge in [0.1, 0.15) is 0 Å². The average molecular weight is 297 g/mol. The number of nitrogens with one attached hydrogen (secondary N) is 1. The molecule has 1 aliphatic rings. The molecule has 0 spiro atoms. The molecule has 0 aliphatic carbocycles. The summed E-state index contributed by atoms with van der Waals surface area (Å²) in [5.41, 5.74) is 5.64. The second-order valence-electron chi connectivity index (χ2n) is 5.91. The van der Waals surface area contributed by atoms with Crippen molar-refractivity contribution in [2.24, 2.45) is 0 Å². The highest BCUT2D eigenvalue weighted by Crippen LogP contribution is 2.45. The summed E-state index contributed by atoms with van der Waals surface area (Å²) in [6, 6.07) is 16.2. The zero-order chi connectivity index (χ0) is 14.8. The molecule has 1 aliphatic heterocycles. The number of benzene rings is 2. The van der Waals surface area contributed by atoms with Crippen molar-refractivity contribution in [2.45, 2.75) is 37.6 Å². The fraction of sp³-hybridized carbons (Fsp3) is 0.368. The van der Waals surface area contributed by atoms with Crippen LogP contribution in [0.15, 0.2) is 47.4 Å². The third kappa shape index (κ3) is 3.02. The molecular weight excluding hydrogens is 274 g/mol. The Kier molecular flexibility index (Phi) is 4.37. The van der Waals surface area contributed by atoms with Crippen LogP contribution in [0.2, 0.25) is 0 Å². The number of fused-ring (bicyclic) bond motifs is 1. The molecule has 2 aromatic carbocycles. The maximum absolute atomic E-state index is 3.72. The zero-order valence-corrected chi connectivity index (χ0v) is 13.8. The summed E-state index contributed by atoms with van der Waals surface area (Å²) in [4.78, 5) is 1.45. The summed E-state index contributed by atoms with van der Waals surface area (Å²) in [6.07, 6.45) is 0. The second-order valence-corrected chi connectivity index (χ2v) is 6.97. The predicted molar refractivity (Wildman–Crippen MR) is 92.2 cm³/mol. The van der Waals surface area contributed by atoms with Crippen molar-refractivity contribution in [1.82, 2.24) is 5.32 Å². The Morgan fingerprint density at radius 1 is 1.14 bits per heavy atom. The van der Waals surface area contributed by atoms with E-state index in [-0.39, 0.29) is 0 Å². The molecule has 0 aromatic heterocycles. The van der Waals surface area contributed by atoms with Gasteiger partial charge in [-0.15, -0.1) is 11.8 Å². The molecule has 1 N–H and O–H groups in total. The maximum atomic E-state index is 3.72. The minimum atomic E-state index is 0.407. The van der Waals surface area contributed by atoms with Crippen molar-refractivity contribution >= 4 is 11.8 Å². The monoisotopic (exact) mass is 297 g/mol. The van der Waals surface area contributed by atoms with E-state index >= 15 is 0 Å². The van der Waals surface area contributed by atoms with Crippen LogP contribution in [0.1, 0.15) is 41.1 Å². The number of hydrogen-bond donors (Lipinski definition) is 1. The second kappa shape index (κ2) is 6.25. The summed E-state index contributed by atoms with van der Waals surface area (Å²) in [5.74, 6) is 1.73. The van der Waals surface area contributed by atoms with E-state index in [2.05, 4.69) is 68.6 Å². The maximum Gasteiger partial charge on any atom is 0.0398 e. The van der Waals surface area contributed by atoms with Crippen molar-refractivity contribution < 1.29 is 0 Å². The van der Waals surface area contributed by atoms with Crippen LogP contribution in [0.3, 0.4) is 0 Å². The van der Waals surface area contributed by atoms with Crippen molar-refractivity contribution in [3.8, 4) is 0 Å². The van der Waals surface area contributed by atoms with Crippen LogP contribution in [-0.2, 0) is 0 Å². The SMILES string of the molecule is CCNC(c1cc(C)cc(C)c1)C1CSc2ccccc21. The molecular formula is C19H23NS. The molecule has 1 heterocycles. The molecule has 110 valence electrons. The Morgan fingerprint density at radius 2 is 1.86 bits per heavy atom. The van der Waals surface area contributed by atoms with Gasteiger partial charge in [0, 0.05) is 22.6 Å². The number of hydrogen-bond acceptors (Lipinski definition) is 2. The molecule has 2 aromatic rings. The number of rotatable bonds is 4. The van der Waals surface area contributed by atoms with Gasteiger partial charge in [-0.05, 0) is 37.6 Å². The van der Waals surface area contributed by atoms with E-state index in [9.17, 15) is 0 Å². The Morgan fingerprint density at radius 3 is 2.57 bits per heavy atom. The molecule has 1 nitrogen and oxygen atoms in total. The first-order valence-corrected chi connectivity index (χ1v) is 8.71. The van der Waals surface area contributed by atoms with Gasteiger partial charge in [0.05, 0.1) is 0 Å². The highest BCUT2D eigenvalue weighted by Gasteiger charge is 2.30. The molecule has 0 amide bonds. The van der Waals surface area contributed by atoms with E-state index in [1.165, 1.54) is 32.9 Å². The van der Waals surface area contributed by atoms with Gasteiger partial charge in [-0.2, -0.15) is 0 Å². The quantitative estimate of drug-likeness (QED) is 0.866. The molecule has 0 fully saturated rings. The van der Waals surface area contributed by atoms with Crippen LogP contribution in [0, 0.1) is 13.8 Å². The highest BCUT2D eigenvalue weighted by atomic mass is 32.2. The smallest absolute Gasteiger partial charge is 0.0398 e. The lowest BCUT2D eigenvalue weighted by molar-refractivity contribution is 0.484. The van der Waals surface area contributed by atoms with Gasteiger partial charge in [-0.25, -0.2) is 0 Å². The lowest BCUT2D eigenvalue weighted by atomic mass is 9.87. The third-order valence-corrected chi connectivity index (χ3v) is 5.37. The third-order valence-electron chi connectivity index (χ3n) is 4.17. The van der Waals surface area contributed by atoms with Crippen LogP contribution < -0.4 is 5.32 Å². The van der Waals surface area contributed by atoms with E-state index in [1.54, 1.807) is 0 Å². The van der Waals surface area contributed by atoms with Gasteiger partial charge in [0.15, 0.2) is 0 Å². The Hall–Kier alpha value is -1.25. The van der Waals surface area contributed by atoms with Crippen LogP contribution >= 0.6 is 11.8 Å². The van der Waals surface area contributed by atoms with Crippen molar-refractivity contribution in [3.63, 3.8) is 0 Å². The topological polar surface area (TPSA) is 12.0 Å². The molecule has 2 unspecified atom stereocenters. The number of likely N-dealkylation sites (N-methyl/N-ethyl adjacent to an activating group) is 1. The van der Waals surface area contributed by atoms with E-state index in [1.807, 2.05) is 11.8 Å². The summed E-state index contributed by atoms with van der Waals surface area (Å²) in [5, 5.41) is 3.72. The lowest BCUT2D eigenvalue weighted by Crippen LogP contribution is -2.27. The van der Waals surface area contributed by atoms with Gasteiger partial charge >= 0.3 is 0 Å². The minimum absolute atomic E-state index is 0.407. The van der Waals surface area contributed by atoms with E-state index in [0.717, 1.165) is 6.54 Å². The largest absolute Gasteiger partial charge is 0.310 e.